The van der Waals surface area contributed by atoms with Crippen LogP contribution >= 0.6 is 0 Å². The molecule has 0 radical (unpaired) electrons. The van der Waals surface area contributed by atoms with Crippen molar-refractivity contribution in [3.63, 3.8) is 0 Å². The molecule has 0 N–H and O–H groups in total. The minimum Gasteiger partial charge on any atom is -0.486 e. The van der Waals surface area contributed by atoms with Crippen molar-refractivity contribution in [1.29, 1.82) is 0 Å². The second-order valence-corrected chi connectivity index (χ2v) is 4.20. The summed E-state index contributed by atoms with van der Waals surface area (Å²) in [6.45, 7) is 6.03. The summed E-state index contributed by atoms with van der Waals surface area (Å²) in [6, 6.07) is 13.5. The maximum absolute atomic E-state index is 12.7. The number of rotatable bonds is 5. The highest BCUT2D eigenvalue weighted by Gasteiger charge is 2.00. The van der Waals surface area contributed by atoms with Crippen LogP contribution in [0.1, 0.15) is 5.56 Å². The van der Waals surface area contributed by atoms with E-state index in [1.807, 2.05) is 31.2 Å². The van der Waals surface area contributed by atoms with Crippen LogP contribution in [0.15, 0.2) is 60.9 Å². The van der Waals surface area contributed by atoms with Crippen molar-refractivity contribution < 1.29 is 13.9 Å². The normalized spacial score (nSPS) is 10.0. The van der Waals surface area contributed by atoms with Gasteiger partial charge in [0.15, 0.2) is 0 Å². The first kappa shape index (κ1) is 13.1. The predicted molar refractivity (Wildman–Crippen MR) is 72.8 cm³/mol. The quantitative estimate of drug-likeness (QED) is 0.751. The predicted octanol–water partition coefficient (Wildman–Crippen LogP) is 4.11. The highest BCUT2D eigenvalue weighted by Crippen LogP contribution is 2.16. The summed E-state index contributed by atoms with van der Waals surface area (Å²) in [6.07, 6.45) is 0. The summed E-state index contributed by atoms with van der Waals surface area (Å²) < 4.78 is 23.7. The molecule has 0 saturated heterocycles. The van der Waals surface area contributed by atoms with Gasteiger partial charge in [0, 0.05) is 0 Å². The zero-order valence-corrected chi connectivity index (χ0v) is 10.7. The van der Waals surface area contributed by atoms with Gasteiger partial charge in [-0.15, -0.1) is 0 Å². The van der Waals surface area contributed by atoms with Crippen LogP contribution in [0.4, 0.5) is 4.39 Å². The van der Waals surface area contributed by atoms with E-state index in [1.165, 1.54) is 17.7 Å². The van der Waals surface area contributed by atoms with Gasteiger partial charge in [0.25, 0.3) is 0 Å². The molecule has 0 bridgehead atoms. The number of ether oxygens (including phenoxy) is 2. The molecule has 0 aromatic heterocycles. The minimum atomic E-state index is -0.297. The fraction of sp³-hybridized carbons (Fsp3) is 0.125. The van der Waals surface area contributed by atoms with Crippen molar-refractivity contribution in [3.8, 4) is 11.5 Å². The summed E-state index contributed by atoms with van der Waals surface area (Å²) in [7, 11) is 0. The van der Waals surface area contributed by atoms with Crippen LogP contribution < -0.4 is 9.47 Å². The molecule has 0 fully saturated rings. The average Bonchev–Trinajstić information content (AvgIpc) is 2.41. The lowest BCUT2D eigenvalue weighted by Crippen LogP contribution is -2.05. The molecule has 0 aliphatic heterocycles. The van der Waals surface area contributed by atoms with E-state index in [-0.39, 0.29) is 12.4 Å². The van der Waals surface area contributed by atoms with Crippen LogP contribution in [0.25, 0.3) is 0 Å². The first-order valence-electron chi connectivity index (χ1n) is 5.94. The van der Waals surface area contributed by atoms with Crippen LogP contribution in [-0.4, -0.2) is 6.61 Å². The Morgan fingerprint density at radius 1 is 1.00 bits per heavy atom. The van der Waals surface area contributed by atoms with Crippen molar-refractivity contribution in [2.45, 2.75) is 6.92 Å². The lowest BCUT2D eigenvalue weighted by Gasteiger charge is -2.10. The Labute approximate surface area is 112 Å². The molecule has 0 aliphatic rings. The van der Waals surface area contributed by atoms with Gasteiger partial charge >= 0.3 is 0 Å². The number of halogens is 1. The van der Waals surface area contributed by atoms with Gasteiger partial charge < -0.3 is 9.47 Å². The van der Waals surface area contributed by atoms with Crippen molar-refractivity contribution in [2.75, 3.05) is 6.61 Å². The maximum atomic E-state index is 12.7. The van der Waals surface area contributed by atoms with Crippen LogP contribution in [-0.2, 0) is 0 Å². The Hall–Kier alpha value is -2.29. The molecule has 0 unspecified atom stereocenters. The third-order valence-electron chi connectivity index (χ3n) is 2.50. The smallest absolute Gasteiger partial charge is 0.145 e. The van der Waals surface area contributed by atoms with Crippen molar-refractivity contribution in [1.82, 2.24) is 0 Å². The topological polar surface area (TPSA) is 18.5 Å². The molecule has 0 spiro atoms. The average molecular weight is 258 g/mol. The van der Waals surface area contributed by atoms with Crippen molar-refractivity contribution in [3.05, 3.63) is 72.2 Å². The highest BCUT2D eigenvalue weighted by molar-refractivity contribution is 5.27. The van der Waals surface area contributed by atoms with Gasteiger partial charge in [0.1, 0.15) is 29.7 Å². The summed E-state index contributed by atoms with van der Waals surface area (Å²) in [5.74, 6) is 1.47. The summed E-state index contributed by atoms with van der Waals surface area (Å²) >= 11 is 0. The molecular weight excluding hydrogens is 243 g/mol. The Morgan fingerprint density at radius 3 is 2.21 bits per heavy atom. The van der Waals surface area contributed by atoms with Crippen LogP contribution in [0, 0.1) is 12.7 Å². The SMILES string of the molecule is C=C(COc1ccc(C)cc1)Oc1ccc(F)cc1. The van der Waals surface area contributed by atoms with Gasteiger partial charge in [-0.25, -0.2) is 4.39 Å². The van der Waals surface area contributed by atoms with E-state index in [9.17, 15) is 4.39 Å². The van der Waals surface area contributed by atoms with E-state index in [0.717, 1.165) is 5.75 Å². The Bertz CT molecular complexity index is 544. The second kappa shape index (κ2) is 6.05. The highest BCUT2D eigenvalue weighted by atomic mass is 19.1. The van der Waals surface area contributed by atoms with Gasteiger partial charge in [0.05, 0.1) is 0 Å². The molecule has 0 amide bonds. The van der Waals surface area contributed by atoms with Gasteiger partial charge in [-0.3, -0.25) is 0 Å². The lowest BCUT2D eigenvalue weighted by molar-refractivity contribution is 0.282. The minimum absolute atomic E-state index is 0.250. The fourth-order valence-corrected chi connectivity index (χ4v) is 1.50. The van der Waals surface area contributed by atoms with Gasteiger partial charge in [-0.2, -0.15) is 0 Å². The van der Waals surface area contributed by atoms with Gasteiger partial charge in [-0.05, 0) is 43.3 Å². The molecule has 0 atom stereocenters. The first-order chi connectivity index (χ1) is 9.13. The molecule has 2 nitrogen and oxygen atoms in total. The Kier molecular flexibility index (Phi) is 4.18. The number of aryl methyl sites for hydroxylation is 1. The summed E-state index contributed by atoms with van der Waals surface area (Å²) in [4.78, 5) is 0. The van der Waals surface area contributed by atoms with E-state index in [4.69, 9.17) is 9.47 Å². The van der Waals surface area contributed by atoms with E-state index in [2.05, 4.69) is 6.58 Å². The third kappa shape index (κ3) is 4.14. The molecule has 0 aliphatic carbocycles. The Morgan fingerprint density at radius 2 is 1.58 bits per heavy atom. The van der Waals surface area contributed by atoms with E-state index < -0.39 is 0 Å². The van der Waals surface area contributed by atoms with E-state index in [1.54, 1.807) is 12.1 Å². The molecule has 2 aromatic rings. The van der Waals surface area contributed by atoms with Crippen LogP contribution in [0.5, 0.6) is 11.5 Å². The van der Waals surface area contributed by atoms with E-state index >= 15 is 0 Å². The molecule has 3 heteroatoms. The van der Waals surface area contributed by atoms with Gasteiger partial charge in [-0.1, -0.05) is 24.3 Å². The third-order valence-corrected chi connectivity index (χ3v) is 2.50. The molecule has 19 heavy (non-hydrogen) atoms. The number of hydrogen-bond acceptors (Lipinski definition) is 2. The molecular formula is C16H15FO2. The van der Waals surface area contributed by atoms with Crippen LogP contribution in [0.3, 0.4) is 0 Å². The molecule has 2 rings (SSSR count). The zero-order valence-electron chi connectivity index (χ0n) is 10.7. The Balaban J connectivity index is 1.84. The fourth-order valence-electron chi connectivity index (χ4n) is 1.50. The summed E-state index contributed by atoms with van der Waals surface area (Å²) in [5.41, 5.74) is 1.17. The van der Waals surface area contributed by atoms with Crippen molar-refractivity contribution >= 4 is 0 Å². The van der Waals surface area contributed by atoms with Crippen LogP contribution in [0.2, 0.25) is 0 Å². The molecule has 0 heterocycles. The second-order valence-electron chi connectivity index (χ2n) is 4.20. The molecule has 2 aromatic carbocycles. The molecule has 0 saturated carbocycles. The maximum Gasteiger partial charge on any atom is 0.145 e. The van der Waals surface area contributed by atoms with Gasteiger partial charge in [0.2, 0.25) is 0 Å². The summed E-state index contributed by atoms with van der Waals surface area (Å²) in [5, 5.41) is 0. The largest absolute Gasteiger partial charge is 0.486 e. The monoisotopic (exact) mass is 258 g/mol. The standard InChI is InChI=1S/C16H15FO2/c1-12-3-7-15(8-4-12)18-11-13(2)19-16-9-5-14(17)6-10-16/h3-10H,2,11H2,1H3. The van der Waals surface area contributed by atoms with Crippen molar-refractivity contribution in [2.24, 2.45) is 0 Å². The number of benzene rings is 2. The van der Waals surface area contributed by atoms with E-state index in [0.29, 0.717) is 11.5 Å². The number of hydrogen-bond donors (Lipinski definition) is 0. The lowest BCUT2D eigenvalue weighted by atomic mass is 10.2. The molecule has 98 valence electrons. The zero-order chi connectivity index (χ0) is 13.7. The first-order valence-corrected chi connectivity index (χ1v) is 5.94.